The van der Waals surface area contributed by atoms with E-state index >= 15 is 0 Å². The fraction of sp³-hybridized carbons (Fsp3) is 0.500. The molecule has 1 heterocycles. The number of nitro groups is 1. The summed E-state index contributed by atoms with van der Waals surface area (Å²) in [5, 5.41) is 10.8. The third-order valence-electron chi connectivity index (χ3n) is 2.00. The van der Waals surface area contributed by atoms with Gasteiger partial charge in [-0.15, -0.1) is 0 Å². The number of nitrogens with zero attached hydrogens (tertiary/aromatic N) is 2. The Bertz CT molecular complexity index is 399. The van der Waals surface area contributed by atoms with Crippen LogP contribution in [0.15, 0.2) is 12.1 Å². The fourth-order valence-electron chi connectivity index (χ4n) is 1.20. The van der Waals surface area contributed by atoms with Gasteiger partial charge in [-0.25, -0.2) is 5.84 Å². The topological polar surface area (TPSA) is 113 Å². The molecule has 8 nitrogen and oxygen atoms in total. The van der Waals surface area contributed by atoms with Crippen LogP contribution in [0.2, 0.25) is 0 Å². The van der Waals surface area contributed by atoms with Gasteiger partial charge in [-0.3, -0.25) is 10.1 Å². The van der Waals surface area contributed by atoms with E-state index in [1.54, 1.807) is 0 Å². The van der Waals surface area contributed by atoms with E-state index in [2.05, 4.69) is 10.4 Å². The first-order chi connectivity index (χ1) is 8.69. The first kappa shape index (κ1) is 14.1. The van der Waals surface area contributed by atoms with E-state index in [0.29, 0.717) is 19.0 Å². The Morgan fingerprint density at radius 3 is 2.83 bits per heavy atom. The van der Waals surface area contributed by atoms with Gasteiger partial charge < -0.3 is 14.9 Å². The number of aromatic nitrogens is 1. The van der Waals surface area contributed by atoms with E-state index < -0.39 is 4.92 Å². The van der Waals surface area contributed by atoms with Crippen LogP contribution in [0.3, 0.4) is 0 Å². The maximum atomic E-state index is 10.8. The Morgan fingerprint density at radius 1 is 1.44 bits per heavy atom. The predicted octanol–water partition coefficient (Wildman–Crippen LogP) is 1.08. The second-order valence-corrected chi connectivity index (χ2v) is 3.38. The molecule has 0 unspecified atom stereocenters. The van der Waals surface area contributed by atoms with Crippen molar-refractivity contribution < 1.29 is 14.4 Å². The van der Waals surface area contributed by atoms with Crippen molar-refractivity contribution in [2.24, 2.45) is 5.84 Å². The molecular weight excluding hydrogens is 240 g/mol. The van der Waals surface area contributed by atoms with Gasteiger partial charge in [0.1, 0.15) is 12.4 Å². The highest BCUT2D eigenvalue weighted by molar-refractivity contribution is 5.48. The number of nitrogen functional groups attached to an aromatic ring is 1. The molecule has 1 aromatic rings. The van der Waals surface area contributed by atoms with Crippen LogP contribution in [-0.4, -0.2) is 29.7 Å². The quantitative estimate of drug-likeness (QED) is 0.309. The van der Waals surface area contributed by atoms with Gasteiger partial charge in [-0.05, 0) is 12.5 Å². The third kappa shape index (κ3) is 4.15. The summed E-state index contributed by atoms with van der Waals surface area (Å²) in [5.41, 5.74) is 2.10. The van der Waals surface area contributed by atoms with Gasteiger partial charge in [0.15, 0.2) is 0 Å². The van der Waals surface area contributed by atoms with Crippen molar-refractivity contribution in [3.63, 3.8) is 0 Å². The van der Waals surface area contributed by atoms with E-state index in [4.69, 9.17) is 15.3 Å². The van der Waals surface area contributed by atoms with Crippen molar-refractivity contribution in [1.82, 2.24) is 4.98 Å². The van der Waals surface area contributed by atoms with Crippen molar-refractivity contribution in [3.8, 4) is 5.88 Å². The smallest absolute Gasteiger partial charge is 0.331 e. The van der Waals surface area contributed by atoms with Gasteiger partial charge in [0.2, 0.25) is 0 Å². The SMILES string of the molecule is CCCOCCOc1nc(NN)ccc1[N+](=O)[O-]. The van der Waals surface area contributed by atoms with Crippen molar-refractivity contribution in [3.05, 3.63) is 22.2 Å². The van der Waals surface area contributed by atoms with Crippen LogP contribution in [-0.2, 0) is 4.74 Å². The molecule has 0 aromatic carbocycles. The molecule has 0 radical (unpaired) electrons. The highest BCUT2D eigenvalue weighted by atomic mass is 16.6. The van der Waals surface area contributed by atoms with Crippen LogP contribution < -0.4 is 16.0 Å². The minimum Gasteiger partial charge on any atom is -0.470 e. The lowest BCUT2D eigenvalue weighted by Gasteiger charge is -2.07. The summed E-state index contributed by atoms with van der Waals surface area (Å²) < 4.78 is 10.4. The average molecular weight is 256 g/mol. The molecule has 0 saturated heterocycles. The van der Waals surface area contributed by atoms with Gasteiger partial charge in [0, 0.05) is 12.7 Å². The third-order valence-corrected chi connectivity index (χ3v) is 2.00. The van der Waals surface area contributed by atoms with E-state index in [1.807, 2.05) is 6.92 Å². The van der Waals surface area contributed by atoms with Gasteiger partial charge >= 0.3 is 5.69 Å². The zero-order valence-corrected chi connectivity index (χ0v) is 10.1. The summed E-state index contributed by atoms with van der Waals surface area (Å²) in [5.74, 6) is 5.40. The summed E-state index contributed by atoms with van der Waals surface area (Å²) in [4.78, 5) is 14.1. The first-order valence-corrected chi connectivity index (χ1v) is 5.51. The second-order valence-electron chi connectivity index (χ2n) is 3.38. The van der Waals surface area contributed by atoms with Crippen LogP contribution >= 0.6 is 0 Å². The number of pyridine rings is 1. The molecule has 18 heavy (non-hydrogen) atoms. The standard InChI is InChI=1S/C10H16N4O4/c1-2-5-17-6-7-18-10-8(14(15)16)3-4-9(12-10)13-11/h3-4H,2,5-7,11H2,1H3,(H,12,13). The number of nitrogens with two attached hydrogens (primary N) is 1. The summed E-state index contributed by atoms with van der Waals surface area (Å²) in [6.45, 7) is 3.17. The molecule has 1 rings (SSSR count). The number of anilines is 1. The molecule has 0 aliphatic carbocycles. The Balaban J connectivity index is 2.63. The monoisotopic (exact) mass is 256 g/mol. The molecule has 0 aliphatic heterocycles. The molecule has 0 bridgehead atoms. The minimum atomic E-state index is -0.560. The maximum absolute atomic E-state index is 10.8. The first-order valence-electron chi connectivity index (χ1n) is 5.51. The predicted molar refractivity (Wildman–Crippen MR) is 65.3 cm³/mol. The zero-order valence-electron chi connectivity index (χ0n) is 10.1. The molecule has 0 spiro atoms. The van der Waals surface area contributed by atoms with E-state index in [9.17, 15) is 10.1 Å². The molecule has 0 amide bonds. The Morgan fingerprint density at radius 2 is 2.22 bits per heavy atom. The van der Waals surface area contributed by atoms with Crippen LogP contribution in [0.1, 0.15) is 13.3 Å². The van der Waals surface area contributed by atoms with Crippen LogP contribution in [0, 0.1) is 10.1 Å². The highest BCUT2D eigenvalue weighted by Crippen LogP contribution is 2.25. The van der Waals surface area contributed by atoms with Gasteiger partial charge in [0.05, 0.1) is 11.5 Å². The van der Waals surface area contributed by atoms with Crippen molar-refractivity contribution >= 4 is 11.5 Å². The number of hydrazine groups is 1. The lowest BCUT2D eigenvalue weighted by atomic mass is 10.4. The normalized spacial score (nSPS) is 10.1. The molecule has 0 aliphatic rings. The molecule has 100 valence electrons. The fourth-order valence-corrected chi connectivity index (χ4v) is 1.20. The number of hydrogen-bond acceptors (Lipinski definition) is 7. The Labute approximate surface area is 104 Å². The second kappa shape index (κ2) is 7.41. The Kier molecular flexibility index (Phi) is 5.81. The highest BCUT2D eigenvalue weighted by Gasteiger charge is 2.17. The van der Waals surface area contributed by atoms with Crippen molar-refractivity contribution in [1.29, 1.82) is 0 Å². The van der Waals surface area contributed by atoms with E-state index in [1.165, 1.54) is 12.1 Å². The van der Waals surface area contributed by atoms with E-state index in [0.717, 1.165) is 6.42 Å². The summed E-state index contributed by atoms with van der Waals surface area (Å²) in [6.07, 6.45) is 0.908. The van der Waals surface area contributed by atoms with Gasteiger partial charge in [0.25, 0.3) is 5.88 Å². The van der Waals surface area contributed by atoms with E-state index in [-0.39, 0.29) is 18.2 Å². The Hall–Kier alpha value is -1.93. The molecule has 1 aromatic heterocycles. The molecular formula is C10H16N4O4. The van der Waals surface area contributed by atoms with Crippen molar-refractivity contribution in [2.75, 3.05) is 25.2 Å². The summed E-state index contributed by atoms with van der Waals surface area (Å²) in [6, 6.07) is 2.68. The van der Waals surface area contributed by atoms with Crippen LogP contribution in [0.5, 0.6) is 5.88 Å². The van der Waals surface area contributed by atoms with Crippen LogP contribution in [0.25, 0.3) is 0 Å². The average Bonchev–Trinajstić information content (AvgIpc) is 2.38. The van der Waals surface area contributed by atoms with Gasteiger partial charge in [-0.2, -0.15) is 4.98 Å². The molecule has 0 atom stereocenters. The minimum absolute atomic E-state index is 0.0736. The molecule has 0 saturated carbocycles. The van der Waals surface area contributed by atoms with Crippen molar-refractivity contribution in [2.45, 2.75) is 13.3 Å². The number of rotatable bonds is 8. The van der Waals surface area contributed by atoms with Crippen LogP contribution in [0.4, 0.5) is 11.5 Å². The number of ether oxygens (including phenoxy) is 2. The molecule has 3 N–H and O–H groups in total. The number of nitrogens with one attached hydrogen (secondary N) is 1. The summed E-state index contributed by atoms with van der Waals surface area (Å²) >= 11 is 0. The lowest BCUT2D eigenvalue weighted by Crippen LogP contribution is -2.12. The summed E-state index contributed by atoms with van der Waals surface area (Å²) in [7, 11) is 0. The van der Waals surface area contributed by atoms with Gasteiger partial charge in [-0.1, -0.05) is 6.92 Å². The number of hydrogen-bond donors (Lipinski definition) is 2. The molecule has 8 heteroatoms. The lowest BCUT2D eigenvalue weighted by molar-refractivity contribution is -0.386. The largest absolute Gasteiger partial charge is 0.470 e. The zero-order chi connectivity index (χ0) is 13.4. The molecule has 0 fully saturated rings. The maximum Gasteiger partial charge on any atom is 0.331 e.